The van der Waals surface area contributed by atoms with Crippen LogP contribution in [-0.4, -0.2) is 29.9 Å². The summed E-state index contributed by atoms with van der Waals surface area (Å²) in [5.74, 6) is 15.1. The van der Waals surface area contributed by atoms with Gasteiger partial charge in [-0.1, -0.05) is 148 Å². The molecule has 0 saturated carbocycles. The fourth-order valence-electron chi connectivity index (χ4n) is 7.55. The van der Waals surface area contributed by atoms with Crippen LogP contribution in [0, 0.1) is 23.7 Å². The molecule has 6 nitrogen and oxygen atoms in total. The number of hydrogen-bond donors (Lipinski definition) is 0. The molecule has 0 amide bonds. The zero-order chi connectivity index (χ0) is 46.7. The van der Waals surface area contributed by atoms with Crippen molar-refractivity contribution in [1.29, 1.82) is 0 Å². The van der Waals surface area contributed by atoms with Gasteiger partial charge in [0, 0.05) is 47.0 Å². The Morgan fingerprint density at radius 3 is 0.941 bits per heavy atom. The molecule has 0 aliphatic carbocycles. The maximum atomic E-state index is 4.97. The molecule has 0 bridgehead atoms. The van der Waals surface area contributed by atoms with Gasteiger partial charge in [-0.05, 0) is 130 Å². The van der Waals surface area contributed by atoms with Crippen molar-refractivity contribution in [2.45, 2.75) is 39.5 Å². The molecule has 0 N–H and O–H groups in total. The van der Waals surface area contributed by atoms with E-state index in [1.807, 2.05) is 97.1 Å². The van der Waals surface area contributed by atoms with E-state index in [0.29, 0.717) is 34.6 Å². The molecule has 0 atom stereocenters. The second-order valence-corrected chi connectivity index (χ2v) is 16.9. The number of benzene rings is 3. The molecule has 0 spiro atoms. The van der Waals surface area contributed by atoms with Crippen LogP contribution in [0.25, 0.3) is 69.9 Å². The van der Waals surface area contributed by atoms with Gasteiger partial charge in [-0.25, -0.2) is 9.97 Å². The molecule has 0 fully saturated rings. The average molecular weight is 877 g/mol. The van der Waals surface area contributed by atoms with E-state index in [9.17, 15) is 0 Å². The predicted octanol–water partition coefficient (Wildman–Crippen LogP) is 14.1. The van der Waals surface area contributed by atoms with Gasteiger partial charge in [-0.15, -0.1) is 0 Å². The van der Waals surface area contributed by atoms with Crippen molar-refractivity contribution in [2.75, 3.05) is 0 Å². The van der Waals surface area contributed by atoms with Crippen molar-refractivity contribution in [3.05, 3.63) is 238 Å². The van der Waals surface area contributed by atoms with E-state index in [4.69, 9.17) is 9.97 Å². The normalized spacial score (nSPS) is 11.1. The Labute approximate surface area is 399 Å². The highest BCUT2D eigenvalue weighted by Gasteiger charge is 2.12. The Hall–Kier alpha value is -8.84. The summed E-state index contributed by atoms with van der Waals surface area (Å²) in [5, 5.41) is 0. The number of rotatable bonds is 10. The van der Waals surface area contributed by atoms with Gasteiger partial charge in [0.25, 0.3) is 0 Å². The first-order chi connectivity index (χ1) is 33.3. The highest BCUT2D eigenvalue weighted by atomic mass is 14.8. The minimum absolute atomic E-state index is 0.440. The first-order valence-electron chi connectivity index (χ1n) is 22.8. The van der Waals surface area contributed by atoms with Crippen molar-refractivity contribution in [1.82, 2.24) is 29.9 Å². The summed E-state index contributed by atoms with van der Waals surface area (Å²) in [4.78, 5) is 28.4. The quantitative estimate of drug-likeness (QED) is 0.101. The van der Waals surface area contributed by atoms with Gasteiger partial charge in [-0.3, -0.25) is 19.9 Å². The minimum atomic E-state index is 0.440. The zero-order valence-electron chi connectivity index (χ0n) is 38.5. The highest BCUT2D eigenvalue weighted by molar-refractivity contribution is 5.80. The molecule has 9 rings (SSSR count). The third-order valence-corrected chi connectivity index (χ3v) is 11.4. The molecule has 0 radical (unpaired) electrons. The average Bonchev–Trinajstić information content (AvgIpc) is 3.39. The standard InChI is InChI=1S/C62H48N6/c1-43(2)49-25-17-45(18-26-49)21-29-51-41-54(32-24-48-39-61(57-15-7-11-35-65-57)68-62(40-48)58-16-8-12-36-66-58)52(30-22-46-19-27-50(28-20-46)44(3)4)42-53(51)31-23-47-37-59(55-13-5-9-33-63-55)67-60(38-47)56-14-6-10-34-64-56/h5-22,25-30,33-44H,1-4H3/b29-21+,30-22+. The smallest absolute Gasteiger partial charge is 0.0906 e. The molecule has 0 aliphatic heterocycles. The molecular formula is C62H48N6. The summed E-state index contributed by atoms with van der Waals surface area (Å²) >= 11 is 0. The SMILES string of the molecule is CC(C)c1ccc(/C=C/c2cc(C#Cc3cc(-c4ccccn4)nc(-c4ccccn4)c3)c(/C=C/c3ccc(C(C)C)cc3)cc2C#Cc2cc(-c3ccccn3)nc(-c3ccccn3)c2)cc1. The minimum Gasteiger partial charge on any atom is -0.255 e. The third-order valence-electron chi connectivity index (χ3n) is 11.4. The Balaban J connectivity index is 1.21. The molecule has 68 heavy (non-hydrogen) atoms. The van der Waals surface area contributed by atoms with E-state index < -0.39 is 0 Å². The Morgan fingerprint density at radius 2 is 0.662 bits per heavy atom. The van der Waals surface area contributed by atoms with Crippen LogP contribution in [0.3, 0.4) is 0 Å². The van der Waals surface area contributed by atoms with Gasteiger partial charge in [0.05, 0.1) is 45.6 Å². The largest absolute Gasteiger partial charge is 0.255 e. The van der Waals surface area contributed by atoms with Crippen molar-refractivity contribution >= 4 is 24.3 Å². The summed E-state index contributed by atoms with van der Waals surface area (Å²) in [6.07, 6.45) is 15.6. The molecule has 6 aromatic heterocycles. The van der Waals surface area contributed by atoms with Crippen LogP contribution in [0.15, 0.2) is 183 Å². The van der Waals surface area contributed by atoms with Gasteiger partial charge in [0.1, 0.15) is 0 Å². The first-order valence-corrected chi connectivity index (χ1v) is 22.8. The number of hydrogen-bond acceptors (Lipinski definition) is 6. The molecule has 0 saturated heterocycles. The van der Waals surface area contributed by atoms with Gasteiger partial charge < -0.3 is 0 Å². The fourth-order valence-corrected chi connectivity index (χ4v) is 7.55. The van der Waals surface area contributed by atoms with Crippen LogP contribution in [0.5, 0.6) is 0 Å². The second kappa shape index (κ2) is 21.0. The van der Waals surface area contributed by atoms with Crippen LogP contribution in [0.1, 0.15) is 95.2 Å². The summed E-state index contributed by atoms with van der Waals surface area (Å²) in [6.45, 7) is 8.84. The predicted molar refractivity (Wildman–Crippen MR) is 279 cm³/mol. The molecular weight excluding hydrogens is 829 g/mol. The van der Waals surface area contributed by atoms with Gasteiger partial charge >= 0.3 is 0 Å². The summed E-state index contributed by atoms with van der Waals surface area (Å²) < 4.78 is 0. The second-order valence-electron chi connectivity index (χ2n) is 16.9. The first kappa shape index (κ1) is 44.4. The van der Waals surface area contributed by atoms with Crippen molar-refractivity contribution in [3.8, 4) is 69.2 Å². The lowest BCUT2D eigenvalue weighted by atomic mass is 9.95. The molecule has 6 heteroatoms. The summed E-state index contributed by atoms with van der Waals surface area (Å²) in [5.41, 5.74) is 15.8. The van der Waals surface area contributed by atoms with Gasteiger partial charge in [0.2, 0.25) is 0 Å². The van der Waals surface area contributed by atoms with Gasteiger partial charge in [0.15, 0.2) is 0 Å². The van der Waals surface area contributed by atoms with Crippen LogP contribution < -0.4 is 0 Å². The number of pyridine rings is 6. The lowest BCUT2D eigenvalue weighted by Gasteiger charge is -2.08. The molecule has 326 valence electrons. The van der Waals surface area contributed by atoms with Crippen molar-refractivity contribution in [2.24, 2.45) is 0 Å². The van der Waals surface area contributed by atoms with Crippen LogP contribution >= 0.6 is 0 Å². The maximum absolute atomic E-state index is 4.97. The summed E-state index contributed by atoms with van der Waals surface area (Å²) in [6, 6.07) is 52.9. The Bertz CT molecular complexity index is 3010. The van der Waals surface area contributed by atoms with E-state index in [1.54, 1.807) is 24.8 Å². The van der Waals surface area contributed by atoms with Crippen LogP contribution in [0.4, 0.5) is 0 Å². The van der Waals surface area contributed by atoms with Crippen molar-refractivity contribution < 1.29 is 0 Å². The monoisotopic (exact) mass is 876 g/mol. The molecule has 6 heterocycles. The summed E-state index contributed by atoms with van der Waals surface area (Å²) in [7, 11) is 0. The van der Waals surface area contributed by atoms with E-state index in [1.165, 1.54) is 11.1 Å². The van der Waals surface area contributed by atoms with E-state index in [0.717, 1.165) is 67.3 Å². The van der Waals surface area contributed by atoms with E-state index >= 15 is 0 Å². The zero-order valence-corrected chi connectivity index (χ0v) is 38.5. The Morgan fingerprint density at radius 1 is 0.338 bits per heavy atom. The number of nitrogens with zero attached hydrogens (tertiary/aromatic N) is 6. The molecule has 0 aliphatic rings. The lowest BCUT2D eigenvalue weighted by Crippen LogP contribution is -1.95. The van der Waals surface area contributed by atoms with E-state index in [-0.39, 0.29) is 0 Å². The number of aromatic nitrogens is 6. The van der Waals surface area contributed by atoms with Crippen molar-refractivity contribution in [3.63, 3.8) is 0 Å². The fraction of sp³-hybridized carbons (Fsp3) is 0.0968. The van der Waals surface area contributed by atoms with Crippen LogP contribution in [0.2, 0.25) is 0 Å². The lowest BCUT2D eigenvalue weighted by molar-refractivity contribution is 0.866. The van der Waals surface area contributed by atoms with E-state index in [2.05, 4.69) is 156 Å². The molecule has 0 unspecified atom stereocenters. The maximum Gasteiger partial charge on any atom is 0.0906 e. The third kappa shape index (κ3) is 11.1. The highest BCUT2D eigenvalue weighted by Crippen LogP contribution is 2.27. The van der Waals surface area contributed by atoms with Gasteiger partial charge in [-0.2, -0.15) is 0 Å². The molecule has 9 aromatic rings. The topological polar surface area (TPSA) is 77.3 Å². The van der Waals surface area contributed by atoms with Crippen LogP contribution in [-0.2, 0) is 0 Å². The molecule has 3 aromatic carbocycles. The Kier molecular flexibility index (Phi) is 13.7.